The molecular weight excluding hydrogens is 288 g/mol. The van der Waals surface area contributed by atoms with Gasteiger partial charge >= 0.3 is 0 Å². The van der Waals surface area contributed by atoms with Crippen LogP contribution in [0.1, 0.15) is 22.7 Å². The molecule has 114 valence electrons. The van der Waals surface area contributed by atoms with Gasteiger partial charge in [0.1, 0.15) is 24.8 Å². The highest BCUT2D eigenvalue weighted by Crippen LogP contribution is 2.39. The Labute approximate surface area is 126 Å². The molecule has 0 bridgehead atoms. The Balaban J connectivity index is 1.81. The van der Waals surface area contributed by atoms with E-state index in [4.69, 9.17) is 9.47 Å². The summed E-state index contributed by atoms with van der Waals surface area (Å²) in [6, 6.07) is 7.27. The lowest BCUT2D eigenvalue weighted by molar-refractivity contribution is 0.171. The first kappa shape index (κ1) is 13.5. The summed E-state index contributed by atoms with van der Waals surface area (Å²) in [6.07, 6.45) is 0.839. The minimum Gasteiger partial charge on any atom is -0.486 e. The number of ether oxygens (including phenoxy) is 2. The summed E-state index contributed by atoms with van der Waals surface area (Å²) in [5, 5.41) is 3.30. The number of nitrogens with one attached hydrogen (secondary N) is 1. The third-order valence-electron chi connectivity index (χ3n) is 4.13. The predicted octanol–water partition coefficient (Wildman–Crippen LogP) is 2.97. The van der Waals surface area contributed by atoms with Crippen LogP contribution in [0.25, 0.3) is 0 Å². The van der Waals surface area contributed by atoms with E-state index in [0.717, 1.165) is 35.9 Å². The summed E-state index contributed by atoms with van der Waals surface area (Å²) >= 11 is 0. The van der Waals surface area contributed by atoms with Crippen LogP contribution in [0.2, 0.25) is 0 Å². The molecule has 0 fully saturated rings. The van der Waals surface area contributed by atoms with Crippen LogP contribution < -0.4 is 14.8 Å². The first-order chi connectivity index (χ1) is 10.7. The fraction of sp³-hybridized carbons (Fsp3) is 0.294. The fourth-order valence-corrected chi connectivity index (χ4v) is 3.11. The second kappa shape index (κ2) is 5.25. The molecule has 5 heteroatoms. The summed E-state index contributed by atoms with van der Waals surface area (Å²) in [5.74, 6) is 0.311. The van der Waals surface area contributed by atoms with Crippen molar-refractivity contribution < 1.29 is 18.3 Å². The summed E-state index contributed by atoms with van der Waals surface area (Å²) < 4.78 is 38.5. The Hall–Kier alpha value is -2.14. The molecule has 0 radical (unpaired) electrons. The summed E-state index contributed by atoms with van der Waals surface area (Å²) in [4.78, 5) is 0. The number of hydrogen-bond donors (Lipinski definition) is 1. The lowest BCUT2D eigenvalue weighted by Crippen LogP contribution is -2.31. The summed E-state index contributed by atoms with van der Waals surface area (Å²) in [5.41, 5.74) is 2.51. The van der Waals surface area contributed by atoms with E-state index in [1.54, 1.807) is 0 Å². The van der Waals surface area contributed by atoms with E-state index in [1.165, 1.54) is 12.1 Å². The van der Waals surface area contributed by atoms with Crippen molar-refractivity contribution in [3.8, 4) is 11.5 Å². The van der Waals surface area contributed by atoms with Crippen molar-refractivity contribution >= 4 is 0 Å². The number of halogens is 2. The van der Waals surface area contributed by atoms with Gasteiger partial charge in [-0.1, -0.05) is 6.07 Å². The summed E-state index contributed by atoms with van der Waals surface area (Å²) in [6.45, 7) is 1.78. The number of hydrogen-bond acceptors (Lipinski definition) is 3. The third kappa shape index (κ3) is 2.22. The Bertz CT molecular complexity index is 733. The van der Waals surface area contributed by atoms with Gasteiger partial charge in [-0.05, 0) is 35.7 Å². The van der Waals surface area contributed by atoms with Gasteiger partial charge in [-0.3, -0.25) is 0 Å². The van der Waals surface area contributed by atoms with E-state index in [-0.39, 0.29) is 6.04 Å². The zero-order valence-electron chi connectivity index (χ0n) is 11.9. The predicted molar refractivity (Wildman–Crippen MR) is 77.3 cm³/mol. The molecule has 22 heavy (non-hydrogen) atoms. The van der Waals surface area contributed by atoms with Crippen LogP contribution in [0.15, 0.2) is 30.3 Å². The highest BCUT2D eigenvalue weighted by molar-refractivity contribution is 5.52. The molecule has 2 heterocycles. The molecule has 4 rings (SSSR count). The van der Waals surface area contributed by atoms with E-state index >= 15 is 0 Å². The smallest absolute Gasteiger partial charge is 0.161 e. The van der Waals surface area contributed by atoms with Crippen LogP contribution in [0.5, 0.6) is 11.5 Å². The van der Waals surface area contributed by atoms with E-state index in [9.17, 15) is 8.78 Å². The normalized spacial score (nSPS) is 19.6. The van der Waals surface area contributed by atoms with E-state index < -0.39 is 11.6 Å². The molecule has 2 aromatic rings. The summed E-state index contributed by atoms with van der Waals surface area (Å²) in [7, 11) is 0. The van der Waals surface area contributed by atoms with Gasteiger partial charge in [-0.25, -0.2) is 8.78 Å². The first-order valence-electron chi connectivity index (χ1n) is 7.33. The number of benzene rings is 2. The van der Waals surface area contributed by atoms with Crippen molar-refractivity contribution in [3.63, 3.8) is 0 Å². The monoisotopic (exact) mass is 303 g/mol. The molecule has 1 atom stereocenters. The second-order valence-electron chi connectivity index (χ2n) is 5.50. The van der Waals surface area contributed by atoms with Crippen LogP contribution >= 0.6 is 0 Å². The highest BCUT2D eigenvalue weighted by atomic mass is 19.1. The van der Waals surface area contributed by atoms with Crippen molar-refractivity contribution in [2.24, 2.45) is 0 Å². The minimum atomic E-state index is -0.570. The van der Waals surface area contributed by atoms with Gasteiger partial charge < -0.3 is 14.8 Å². The molecular formula is C17H15F2NO2. The van der Waals surface area contributed by atoms with Crippen LogP contribution in [-0.4, -0.2) is 19.8 Å². The van der Waals surface area contributed by atoms with Gasteiger partial charge in [-0.2, -0.15) is 0 Å². The molecule has 0 saturated carbocycles. The topological polar surface area (TPSA) is 30.5 Å². The first-order valence-corrected chi connectivity index (χ1v) is 7.33. The molecule has 0 saturated heterocycles. The maximum atomic E-state index is 14.1. The van der Waals surface area contributed by atoms with Gasteiger partial charge in [0.15, 0.2) is 11.5 Å². The van der Waals surface area contributed by atoms with E-state index in [0.29, 0.717) is 24.5 Å². The maximum absolute atomic E-state index is 14.1. The third-order valence-corrected chi connectivity index (χ3v) is 4.13. The molecule has 1 N–H and O–H groups in total. The number of fused-ring (bicyclic) bond motifs is 2. The molecule has 0 aromatic heterocycles. The molecule has 0 spiro atoms. The average molecular weight is 303 g/mol. The van der Waals surface area contributed by atoms with Crippen LogP contribution in [-0.2, 0) is 6.42 Å². The van der Waals surface area contributed by atoms with Gasteiger partial charge in [0.05, 0.1) is 6.04 Å². The zero-order valence-corrected chi connectivity index (χ0v) is 11.9. The molecule has 0 amide bonds. The SMILES string of the molecule is Fc1ccc(C2NCCc3cc4c(cc32)OCCO4)c(F)c1. The highest BCUT2D eigenvalue weighted by Gasteiger charge is 2.27. The lowest BCUT2D eigenvalue weighted by atomic mass is 9.89. The Morgan fingerprint density at radius 2 is 1.73 bits per heavy atom. The Morgan fingerprint density at radius 1 is 0.955 bits per heavy atom. The maximum Gasteiger partial charge on any atom is 0.161 e. The van der Waals surface area contributed by atoms with Crippen molar-refractivity contribution in [1.29, 1.82) is 0 Å². The Morgan fingerprint density at radius 3 is 2.50 bits per heavy atom. The van der Waals surface area contributed by atoms with Crippen LogP contribution in [0.4, 0.5) is 8.78 Å². The van der Waals surface area contributed by atoms with Crippen LogP contribution in [0, 0.1) is 11.6 Å². The number of rotatable bonds is 1. The van der Waals surface area contributed by atoms with Gasteiger partial charge in [0.25, 0.3) is 0 Å². The largest absolute Gasteiger partial charge is 0.486 e. The second-order valence-corrected chi connectivity index (χ2v) is 5.50. The Kier molecular flexibility index (Phi) is 3.22. The van der Waals surface area contributed by atoms with Gasteiger partial charge in [0, 0.05) is 18.2 Å². The average Bonchev–Trinajstić information content (AvgIpc) is 2.53. The quantitative estimate of drug-likeness (QED) is 0.878. The molecule has 2 aliphatic heterocycles. The van der Waals surface area contributed by atoms with E-state index in [2.05, 4.69) is 5.32 Å². The van der Waals surface area contributed by atoms with Gasteiger partial charge in [-0.15, -0.1) is 0 Å². The molecule has 2 aromatic carbocycles. The fourth-order valence-electron chi connectivity index (χ4n) is 3.11. The standard InChI is InChI=1S/C17H15F2NO2/c18-11-1-2-12(14(19)8-11)17-13-9-16-15(21-5-6-22-16)7-10(13)3-4-20-17/h1-2,7-9,17,20H,3-6H2. The minimum absolute atomic E-state index is 0.305. The zero-order chi connectivity index (χ0) is 15.1. The van der Waals surface area contributed by atoms with Crippen molar-refractivity contribution in [1.82, 2.24) is 5.32 Å². The molecule has 1 unspecified atom stereocenters. The lowest BCUT2D eigenvalue weighted by Gasteiger charge is -2.30. The van der Waals surface area contributed by atoms with Crippen molar-refractivity contribution in [2.75, 3.05) is 19.8 Å². The molecule has 2 aliphatic rings. The van der Waals surface area contributed by atoms with E-state index in [1.807, 2.05) is 12.1 Å². The molecule has 3 nitrogen and oxygen atoms in total. The van der Waals surface area contributed by atoms with Gasteiger partial charge in [0.2, 0.25) is 0 Å². The van der Waals surface area contributed by atoms with Crippen LogP contribution in [0.3, 0.4) is 0 Å². The molecule has 0 aliphatic carbocycles. The van der Waals surface area contributed by atoms with Crippen molar-refractivity contribution in [3.05, 3.63) is 58.7 Å². The van der Waals surface area contributed by atoms with Crippen molar-refractivity contribution in [2.45, 2.75) is 12.5 Å².